The minimum atomic E-state index is -1.24. The lowest BCUT2D eigenvalue weighted by molar-refractivity contribution is -0.127. The number of esters is 1. The quantitative estimate of drug-likeness (QED) is 0.555. The Balaban J connectivity index is 2.13. The predicted molar refractivity (Wildman–Crippen MR) is 108 cm³/mol. The first-order valence-corrected chi connectivity index (χ1v) is 9.28. The van der Waals surface area contributed by atoms with Gasteiger partial charge in [0.1, 0.15) is 0 Å². The van der Waals surface area contributed by atoms with Crippen LogP contribution in [0.2, 0.25) is 5.02 Å². The maximum atomic E-state index is 12.8. The van der Waals surface area contributed by atoms with Crippen molar-refractivity contribution in [3.8, 4) is 0 Å². The van der Waals surface area contributed by atoms with E-state index < -0.39 is 24.0 Å². The molecule has 2 N–H and O–H groups in total. The van der Waals surface area contributed by atoms with Gasteiger partial charge in [0.25, 0.3) is 5.91 Å². The minimum Gasteiger partial charge on any atom is -0.449 e. The molecule has 0 unspecified atom stereocenters. The van der Waals surface area contributed by atoms with Crippen LogP contribution in [-0.4, -0.2) is 35.8 Å². The number of ether oxygens (including phenoxy) is 1. The van der Waals surface area contributed by atoms with Crippen LogP contribution in [0.25, 0.3) is 0 Å². The standard InChI is InChI=1S/C21H21ClN2O5/c1-12(2)23-21(28)24-19(26)13(3)29-20(27)17-7-5-4-6-16(17)18(25)14-8-10-15(22)11-9-14/h4-13H,1-3H3,(H2,23,24,26,28)/t13-/m1/s1. The molecule has 2 rings (SSSR count). The van der Waals surface area contributed by atoms with Crippen LogP contribution in [0.4, 0.5) is 4.79 Å². The van der Waals surface area contributed by atoms with Gasteiger partial charge < -0.3 is 10.1 Å². The number of imide groups is 1. The molecule has 0 aliphatic heterocycles. The molecule has 0 aliphatic rings. The van der Waals surface area contributed by atoms with E-state index in [2.05, 4.69) is 10.6 Å². The Labute approximate surface area is 173 Å². The molecule has 0 bridgehead atoms. The largest absolute Gasteiger partial charge is 0.449 e. The van der Waals surface area contributed by atoms with Crippen LogP contribution >= 0.6 is 11.6 Å². The molecule has 0 fully saturated rings. The number of hydrogen-bond acceptors (Lipinski definition) is 5. The highest BCUT2D eigenvalue weighted by atomic mass is 35.5. The lowest BCUT2D eigenvalue weighted by Crippen LogP contribution is -2.46. The molecule has 0 heterocycles. The van der Waals surface area contributed by atoms with Crippen molar-refractivity contribution in [1.29, 1.82) is 0 Å². The normalized spacial score (nSPS) is 11.5. The smallest absolute Gasteiger partial charge is 0.339 e. The highest BCUT2D eigenvalue weighted by molar-refractivity contribution is 6.30. The monoisotopic (exact) mass is 416 g/mol. The number of ketones is 1. The summed E-state index contributed by atoms with van der Waals surface area (Å²) in [5.41, 5.74) is 0.495. The van der Waals surface area contributed by atoms with Crippen LogP contribution < -0.4 is 10.6 Å². The molecule has 0 spiro atoms. The summed E-state index contributed by atoms with van der Waals surface area (Å²) in [7, 11) is 0. The van der Waals surface area contributed by atoms with Crippen molar-refractivity contribution in [2.24, 2.45) is 0 Å². The zero-order valence-electron chi connectivity index (χ0n) is 16.2. The highest BCUT2D eigenvalue weighted by Crippen LogP contribution is 2.18. The molecule has 2 aromatic carbocycles. The second-order valence-corrected chi connectivity index (χ2v) is 6.98. The van der Waals surface area contributed by atoms with Crippen molar-refractivity contribution in [3.63, 3.8) is 0 Å². The first kappa shape index (κ1) is 22.1. The van der Waals surface area contributed by atoms with E-state index in [1.54, 1.807) is 50.2 Å². The number of hydrogen-bond donors (Lipinski definition) is 2. The number of amides is 3. The number of nitrogens with one attached hydrogen (secondary N) is 2. The van der Waals surface area contributed by atoms with Crippen LogP contribution in [0.15, 0.2) is 48.5 Å². The Morgan fingerprint density at radius 2 is 1.48 bits per heavy atom. The fourth-order valence-electron chi connectivity index (χ4n) is 2.41. The Hall–Kier alpha value is -3.19. The Kier molecular flexibility index (Phi) is 7.50. The lowest BCUT2D eigenvalue weighted by atomic mass is 9.98. The van der Waals surface area contributed by atoms with Gasteiger partial charge in [-0.2, -0.15) is 0 Å². The van der Waals surface area contributed by atoms with E-state index in [9.17, 15) is 19.2 Å². The van der Waals surface area contributed by atoms with Gasteiger partial charge in [-0.25, -0.2) is 9.59 Å². The molecule has 0 aliphatic carbocycles. The van der Waals surface area contributed by atoms with Crippen molar-refractivity contribution in [1.82, 2.24) is 10.6 Å². The maximum Gasteiger partial charge on any atom is 0.339 e. The lowest BCUT2D eigenvalue weighted by Gasteiger charge is -2.15. The number of benzene rings is 2. The Morgan fingerprint density at radius 1 is 0.897 bits per heavy atom. The van der Waals surface area contributed by atoms with Gasteiger partial charge in [-0.3, -0.25) is 14.9 Å². The van der Waals surface area contributed by atoms with Crippen molar-refractivity contribution < 1.29 is 23.9 Å². The summed E-state index contributed by atoms with van der Waals surface area (Å²) in [6.07, 6.45) is -1.24. The molecule has 0 aromatic heterocycles. The van der Waals surface area contributed by atoms with E-state index in [0.717, 1.165) is 0 Å². The Morgan fingerprint density at radius 3 is 2.07 bits per heavy atom. The summed E-state index contributed by atoms with van der Waals surface area (Å²) in [6, 6.07) is 11.5. The molecule has 1 atom stereocenters. The third kappa shape index (κ3) is 6.15. The second kappa shape index (κ2) is 9.84. The van der Waals surface area contributed by atoms with E-state index in [1.807, 2.05) is 0 Å². The highest BCUT2D eigenvalue weighted by Gasteiger charge is 2.24. The van der Waals surface area contributed by atoms with Gasteiger partial charge in [0.2, 0.25) is 0 Å². The fourth-order valence-corrected chi connectivity index (χ4v) is 2.53. The van der Waals surface area contributed by atoms with E-state index in [1.165, 1.54) is 19.1 Å². The first-order valence-electron chi connectivity index (χ1n) is 8.90. The van der Waals surface area contributed by atoms with Crippen molar-refractivity contribution >= 4 is 35.3 Å². The molecule has 0 saturated carbocycles. The third-order valence-corrected chi connectivity index (χ3v) is 4.06. The minimum absolute atomic E-state index is 0.0127. The average Bonchev–Trinajstić information content (AvgIpc) is 2.67. The van der Waals surface area contributed by atoms with Gasteiger partial charge in [-0.1, -0.05) is 29.8 Å². The average molecular weight is 417 g/mol. The molecule has 7 nitrogen and oxygen atoms in total. The summed E-state index contributed by atoms with van der Waals surface area (Å²) in [6.45, 7) is 4.81. The first-order chi connectivity index (χ1) is 13.7. The third-order valence-electron chi connectivity index (χ3n) is 3.81. The van der Waals surface area contributed by atoms with Crippen LogP contribution in [0, 0.1) is 0 Å². The van der Waals surface area contributed by atoms with Gasteiger partial charge >= 0.3 is 12.0 Å². The fraction of sp³-hybridized carbons (Fsp3) is 0.238. The van der Waals surface area contributed by atoms with Crippen LogP contribution in [0.5, 0.6) is 0 Å². The van der Waals surface area contributed by atoms with Crippen molar-refractivity contribution in [2.45, 2.75) is 32.9 Å². The zero-order chi connectivity index (χ0) is 21.6. The number of carbonyl (C=O) groups is 4. The van der Waals surface area contributed by atoms with E-state index >= 15 is 0 Å². The van der Waals surface area contributed by atoms with Crippen LogP contribution in [0.1, 0.15) is 47.1 Å². The van der Waals surface area contributed by atoms with Gasteiger partial charge in [-0.15, -0.1) is 0 Å². The molecule has 29 heavy (non-hydrogen) atoms. The molecule has 0 radical (unpaired) electrons. The Bertz CT molecular complexity index is 925. The molecule has 152 valence electrons. The van der Waals surface area contributed by atoms with E-state index in [4.69, 9.17) is 16.3 Å². The van der Waals surface area contributed by atoms with Crippen LogP contribution in [0.3, 0.4) is 0 Å². The topological polar surface area (TPSA) is 102 Å². The summed E-state index contributed by atoms with van der Waals surface area (Å²) in [4.78, 5) is 49.0. The van der Waals surface area contributed by atoms with Crippen molar-refractivity contribution in [2.75, 3.05) is 0 Å². The van der Waals surface area contributed by atoms with Gasteiger partial charge in [0.05, 0.1) is 5.56 Å². The predicted octanol–water partition coefficient (Wildman–Crippen LogP) is 3.35. The van der Waals surface area contributed by atoms with Crippen molar-refractivity contribution in [3.05, 3.63) is 70.2 Å². The van der Waals surface area contributed by atoms with E-state index in [-0.39, 0.29) is 23.0 Å². The van der Waals surface area contributed by atoms with Gasteiger partial charge in [0.15, 0.2) is 11.9 Å². The maximum absolute atomic E-state index is 12.8. The molecule has 0 saturated heterocycles. The summed E-state index contributed by atoms with van der Waals surface area (Å²) < 4.78 is 5.15. The number of urea groups is 1. The number of carbonyl (C=O) groups excluding carboxylic acids is 4. The molecule has 3 amide bonds. The zero-order valence-corrected chi connectivity index (χ0v) is 16.9. The van der Waals surface area contributed by atoms with Crippen LogP contribution in [-0.2, 0) is 9.53 Å². The molecular weight excluding hydrogens is 396 g/mol. The molecular formula is C21H21ClN2O5. The summed E-state index contributed by atoms with van der Waals surface area (Å²) in [5, 5.41) is 5.07. The van der Waals surface area contributed by atoms with Gasteiger partial charge in [0, 0.05) is 22.2 Å². The molecule has 8 heteroatoms. The van der Waals surface area contributed by atoms with Gasteiger partial charge in [-0.05, 0) is 51.1 Å². The summed E-state index contributed by atoms with van der Waals surface area (Å²) in [5.74, 6) is -2.02. The second-order valence-electron chi connectivity index (χ2n) is 6.55. The molecule has 2 aromatic rings. The number of rotatable bonds is 6. The van der Waals surface area contributed by atoms with E-state index in [0.29, 0.717) is 10.6 Å². The number of halogens is 1. The SMILES string of the molecule is CC(C)NC(=O)NC(=O)[C@@H](C)OC(=O)c1ccccc1C(=O)c1ccc(Cl)cc1. The summed E-state index contributed by atoms with van der Waals surface area (Å²) >= 11 is 5.84.